The van der Waals surface area contributed by atoms with Crippen molar-refractivity contribution in [2.24, 2.45) is 4.99 Å². The number of aryl methyl sites for hydroxylation is 1. The standard InChI is InChI=1S/C24H31N3O3.HI/c1-18-4-6-19(7-5-18)15-27(3)23(25-2)26-16-24(10-12-28-13-11-24)20-8-9-21-22(14-20)30-17-29-21;/h4-9,14H,10-13,15-17H2,1-3H3,(H,25,26);1H. The van der Waals surface area contributed by atoms with Gasteiger partial charge in [-0.1, -0.05) is 35.9 Å². The first-order valence-electron chi connectivity index (χ1n) is 10.5. The smallest absolute Gasteiger partial charge is 0.231 e. The Bertz CT molecular complexity index is 895. The van der Waals surface area contributed by atoms with E-state index in [2.05, 4.69) is 65.6 Å². The number of nitrogens with one attached hydrogen (secondary N) is 1. The number of hydrogen-bond donors (Lipinski definition) is 1. The summed E-state index contributed by atoms with van der Waals surface area (Å²) in [6.07, 6.45) is 1.91. The highest BCUT2D eigenvalue weighted by Gasteiger charge is 2.36. The van der Waals surface area contributed by atoms with E-state index in [0.29, 0.717) is 6.79 Å². The lowest BCUT2D eigenvalue weighted by molar-refractivity contribution is 0.0511. The number of fused-ring (bicyclic) bond motifs is 1. The summed E-state index contributed by atoms with van der Waals surface area (Å²) in [6.45, 7) is 5.52. The van der Waals surface area contributed by atoms with Gasteiger partial charge >= 0.3 is 0 Å². The van der Waals surface area contributed by atoms with E-state index in [0.717, 1.165) is 56.6 Å². The molecule has 168 valence electrons. The van der Waals surface area contributed by atoms with E-state index >= 15 is 0 Å². The topological polar surface area (TPSA) is 55.3 Å². The summed E-state index contributed by atoms with van der Waals surface area (Å²) in [7, 11) is 3.91. The fourth-order valence-electron chi connectivity index (χ4n) is 4.23. The highest BCUT2D eigenvalue weighted by molar-refractivity contribution is 14.0. The van der Waals surface area contributed by atoms with Crippen LogP contribution in [0.1, 0.15) is 29.5 Å². The molecule has 2 aliphatic heterocycles. The van der Waals surface area contributed by atoms with Crippen LogP contribution in [0.2, 0.25) is 0 Å². The Morgan fingerprint density at radius 2 is 1.77 bits per heavy atom. The molecule has 0 unspecified atom stereocenters. The van der Waals surface area contributed by atoms with Crippen molar-refractivity contribution >= 4 is 29.9 Å². The third-order valence-electron chi connectivity index (χ3n) is 6.13. The van der Waals surface area contributed by atoms with Crippen molar-refractivity contribution in [3.05, 3.63) is 59.2 Å². The Balaban J connectivity index is 0.00000272. The SMILES string of the molecule is CN=C(NCC1(c2ccc3c(c2)OCO3)CCOCC1)N(C)Cc1ccc(C)cc1.I. The van der Waals surface area contributed by atoms with Gasteiger partial charge in [0.1, 0.15) is 0 Å². The fourth-order valence-corrected chi connectivity index (χ4v) is 4.23. The van der Waals surface area contributed by atoms with E-state index in [1.54, 1.807) is 0 Å². The number of ether oxygens (including phenoxy) is 3. The Kier molecular flexibility index (Phi) is 8.05. The van der Waals surface area contributed by atoms with Gasteiger partial charge < -0.3 is 24.4 Å². The molecule has 0 atom stereocenters. The second-order valence-corrected chi connectivity index (χ2v) is 8.20. The summed E-state index contributed by atoms with van der Waals surface area (Å²) in [5.41, 5.74) is 3.77. The van der Waals surface area contributed by atoms with E-state index in [1.807, 2.05) is 13.1 Å². The number of benzene rings is 2. The van der Waals surface area contributed by atoms with Crippen LogP contribution in [0.5, 0.6) is 11.5 Å². The summed E-state index contributed by atoms with van der Waals surface area (Å²) in [6, 6.07) is 15.0. The van der Waals surface area contributed by atoms with Gasteiger partial charge in [-0.15, -0.1) is 24.0 Å². The first-order chi connectivity index (χ1) is 14.6. The molecule has 0 aliphatic carbocycles. The maximum atomic E-state index is 5.68. The molecule has 1 N–H and O–H groups in total. The molecule has 7 heteroatoms. The molecule has 0 aromatic heterocycles. The van der Waals surface area contributed by atoms with E-state index < -0.39 is 0 Å². The van der Waals surface area contributed by atoms with E-state index in [9.17, 15) is 0 Å². The van der Waals surface area contributed by atoms with Crippen molar-refractivity contribution in [2.75, 3.05) is 40.6 Å². The molecule has 31 heavy (non-hydrogen) atoms. The minimum atomic E-state index is -0.0279. The van der Waals surface area contributed by atoms with Crippen molar-refractivity contribution in [3.63, 3.8) is 0 Å². The van der Waals surface area contributed by atoms with Gasteiger partial charge in [0.25, 0.3) is 0 Å². The van der Waals surface area contributed by atoms with Gasteiger partial charge in [-0.05, 0) is 43.0 Å². The molecule has 1 saturated heterocycles. The van der Waals surface area contributed by atoms with Crippen molar-refractivity contribution in [3.8, 4) is 11.5 Å². The average molecular weight is 537 g/mol. The van der Waals surface area contributed by atoms with E-state index in [1.165, 1.54) is 16.7 Å². The number of guanidine groups is 1. The third-order valence-corrected chi connectivity index (χ3v) is 6.13. The quantitative estimate of drug-likeness (QED) is 0.354. The average Bonchev–Trinajstić information content (AvgIpc) is 3.24. The highest BCUT2D eigenvalue weighted by atomic mass is 127. The fraction of sp³-hybridized carbons (Fsp3) is 0.458. The molecule has 1 fully saturated rings. The van der Waals surface area contributed by atoms with Crippen LogP contribution in [-0.2, 0) is 16.7 Å². The lowest BCUT2D eigenvalue weighted by Gasteiger charge is -2.39. The number of halogens is 1. The van der Waals surface area contributed by atoms with Gasteiger partial charge in [-0.25, -0.2) is 0 Å². The van der Waals surface area contributed by atoms with E-state index in [4.69, 9.17) is 14.2 Å². The lowest BCUT2D eigenvalue weighted by atomic mass is 9.74. The van der Waals surface area contributed by atoms with Crippen molar-refractivity contribution < 1.29 is 14.2 Å². The Hall–Kier alpha value is -2.00. The molecule has 0 saturated carbocycles. The summed E-state index contributed by atoms with van der Waals surface area (Å²) in [4.78, 5) is 6.69. The van der Waals surface area contributed by atoms with Gasteiger partial charge in [0.15, 0.2) is 17.5 Å². The van der Waals surface area contributed by atoms with Crippen molar-refractivity contribution in [2.45, 2.75) is 31.7 Å². The minimum absolute atomic E-state index is 0. The van der Waals surface area contributed by atoms with Crippen LogP contribution >= 0.6 is 24.0 Å². The molecule has 0 spiro atoms. The predicted octanol–water partition coefficient (Wildman–Crippen LogP) is 4.10. The van der Waals surface area contributed by atoms with Gasteiger partial charge in [0, 0.05) is 45.8 Å². The Morgan fingerprint density at radius 1 is 1.06 bits per heavy atom. The Morgan fingerprint density at radius 3 is 2.48 bits per heavy atom. The van der Waals surface area contributed by atoms with Gasteiger partial charge in [-0.3, -0.25) is 4.99 Å². The monoisotopic (exact) mass is 537 g/mol. The molecular formula is C24H32IN3O3. The van der Waals surface area contributed by atoms with Crippen molar-refractivity contribution in [1.82, 2.24) is 10.2 Å². The molecule has 2 heterocycles. The molecule has 2 aliphatic rings. The van der Waals surface area contributed by atoms with Gasteiger partial charge in [0.2, 0.25) is 6.79 Å². The van der Waals surface area contributed by atoms with Crippen LogP contribution in [0.3, 0.4) is 0 Å². The van der Waals surface area contributed by atoms with Gasteiger partial charge in [-0.2, -0.15) is 0 Å². The largest absolute Gasteiger partial charge is 0.454 e. The van der Waals surface area contributed by atoms with Crippen LogP contribution in [0, 0.1) is 6.92 Å². The summed E-state index contributed by atoms with van der Waals surface area (Å²) >= 11 is 0. The number of nitrogens with zero attached hydrogens (tertiary/aromatic N) is 2. The maximum absolute atomic E-state index is 5.68. The molecule has 4 rings (SSSR count). The summed E-state index contributed by atoms with van der Waals surface area (Å²) in [5.74, 6) is 2.55. The number of rotatable bonds is 5. The zero-order valence-corrected chi connectivity index (χ0v) is 20.8. The van der Waals surface area contributed by atoms with Crippen LogP contribution in [0.15, 0.2) is 47.5 Å². The zero-order chi connectivity index (χ0) is 21.0. The first kappa shape index (κ1) is 23.7. The number of aliphatic imine (C=N–C) groups is 1. The van der Waals surface area contributed by atoms with E-state index in [-0.39, 0.29) is 29.4 Å². The van der Waals surface area contributed by atoms with Crippen LogP contribution in [0.25, 0.3) is 0 Å². The van der Waals surface area contributed by atoms with Crippen LogP contribution in [0.4, 0.5) is 0 Å². The summed E-state index contributed by atoms with van der Waals surface area (Å²) < 4.78 is 16.8. The zero-order valence-electron chi connectivity index (χ0n) is 18.5. The molecule has 2 aromatic rings. The minimum Gasteiger partial charge on any atom is -0.454 e. The molecule has 0 bridgehead atoms. The molecule has 2 aromatic carbocycles. The number of hydrogen-bond acceptors (Lipinski definition) is 4. The lowest BCUT2D eigenvalue weighted by Crippen LogP contribution is -2.48. The van der Waals surface area contributed by atoms with Crippen LogP contribution < -0.4 is 14.8 Å². The summed E-state index contributed by atoms with van der Waals surface area (Å²) in [5, 5.41) is 3.63. The van der Waals surface area contributed by atoms with Gasteiger partial charge in [0.05, 0.1) is 0 Å². The predicted molar refractivity (Wildman–Crippen MR) is 134 cm³/mol. The third kappa shape index (κ3) is 5.44. The second kappa shape index (κ2) is 10.5. The van der Waals surface area contributed by atoms with Crippen molar-refractivity contribution in [1.29, 1.82) is 0 Å². The van der Waals surface area contributed by atoms with Crippen LogP contribution in [-0.4, -0.2) is 51.5 Å². The second-order valence-electron chi connectivity index (χ2n) is 8.20. The maximum Gasteiger partial charge on any atom is 0.231 e. The molecule has 0 amide bonds. The molecule has 0 radical (unpaired) electrons. The highest BCUT2D eigenvalue weighted by Crippen LogP contribution is 2.40. The first-order valence-corrected chi connectivity index (χ1v) is 10.5. The normalized spacial score (nSPS) is 17.1. The molecular weight excluding hydrogens is 505 g/mol. The Labute approximate surface area is 202 Å². The molecule has 6 nitrogen and oxygen atoms in total.